The molecule has 0 fully saturated rings. The third kappa shape index (κ3) is 4.24. The Labute approximate surface area is 160 Å². The molecule has 0 aliphatic rings. The molecule has 3 rings (SSSR count). The zero-order chi connectivity index (χ0) is 17.6. The molecule has 1 amide bonds. The van der Waals surface area contributed by atoms with E-state index in [1.807, 2.05) is 60.7 Å². The first-order valence-corrected chi connectivity index (χ1v) is 9.42. The summed E-state index contributed by atoms with van der Waals surface area (Å²) in [6, 6.07) is 18.7. The second-order valence-electron chi connectivity index (χ2n) is 5.61. The van der Waals surface area contributed by atoms with Crippen molar-refractivity contribution < 1.29 is 4.79 Å². The highest BCUT2D eigenvalue weighted by atomic mass is 127. The molecule has 3 aromatic rings. The molecule has 1 heterocycles. The Morgan fingerprint density at radius 3 is 2.32 bits per heavy atom. The van der Waals surface area contributed by atoms with Crippen LogP contribution in [0.1, 0.15) is 17.2 Å². The normalized spacial score (nSPS) is 11.8. The van der Waals surface area contributed by atoms with E-state index >= 15 is 0 Å². The first-order chi connectivity index (χ1) is 12.2. The van der Waals surface area contributed by atoms with Crippen molar-refractivity contribution in [1.29, 1.82) is 0 Å². The molecule has 3 N–H and O–H groups in total. The van der Waals surface area contributed by atoms with Crippen LogP contribution in [0.25, 0.3) is 11.1 Å². The monoisotopic (exact) mass is 443 g/mol. The molecular formula is C20H18IN3O. The van der Waals surface area contributed by atoms with Crippen LogP contribution in [0.15, 0.2) is 73.1 Å². The lowest BCUT2D eigenvalue weighted by molar-refractivity contribution is -0.117. The quantitative estimate of drug-likeness (QED) is 0.456. The summed E-state index contributed by atoms with van der Waals surface area (Å²) in [5.74, 6) is -0.214. The first-order valence-electron chi connectivity index (χ1n) is 7.89. The number of anilines is 1. The zero-order valence-corrected chi connectivity index (χ0v) is 15.7. The Kier molecular flexibility index (Phi) is 5.78. The maximum Gasteiger partial charge on any atom is 0.245 e. The molecule has 0 aliphatic heterocycles. The van der Waals surface area contributed by atoms with Gasteiger partial charge < -0.3 is 11.1 Å². The predicted octanol–water partition coefficient (Wildman–Crippen LogP) is 4.32. The van der Waals surface area contributed by atoms with Gasteiger partial charge in [0.2, 0.25) is 5.91 Å². The first kappa shape index (κ1) is 17.6. The molecule has 0 spiro atoms. The summed E-state index contributed by atoms with van der Waals surface area (Å²) in [6.07, 6.45) is 3.52. The number of aromatic nitrogens is 1. The maximum absolute atomic E-state index is 12.5. The predicted molar refractivity (Wildman–Crippen MR) is 109 cm³/mol. The maximum atomic E-state index is 12.5. The van der Waals surface area contributed by atoms with E-state index in [9.17, 15) is 4.79 Å². The molecule has 2 aromatic carbocycles. The number of halogens is 1. The van der Waals surface area contributed by atoms with Gasteiger partial charge in [-0.1, -0.05) is 59.0 Å². The Hall–Kier alpha value is -2.25. The Balaban J connectivity index is 1.72. The van der Waals surface area contributed by atoms with Crippen molar-refractivity contribution in [2.45, 2.75) is 10.5 Å². The van der Waals surface area contributed by atoms with Crippen molar-refractivity contribution in [2.75, 3.05) is 5.32 Å². The molecule has 0 saturated carbocycles. The van der Waals surface area contributed by atoms with Gasteiger partial charge in [0.15, 0.2) is 0 Å². The minimum absolute atomic E-state index is 0.214. The highest BCUT2D eigenvalue weighted by Gasteiger charge is 2.18. The average Bonchev–Trinajstić information content (AvgIpc) is 2.68. The molecule has 0 aliphatic carbocycles. The smallest absolute Gasteiger partial charge is 0.245 e. The summed E-state index contributed by atoms with van der Waals surface area (Å²) in [5.41, 5.74) is 11.0. The van der Waals surface area contributed by atoms with E-state index in [4.69, 9.17) is 5.73 Å². The van der Waals surface area contributed by atoms with Crippen molar-refractivity contribution >= 4 is 34.2 Å². The van der Waals surface area contributed by atoms with Gasteiger partial charge in [-0.05, 0) is 46.5 Å². The fraction of sp³-hybridized carbons (Fsp3) is 0.100. The molecule has 1 aromatic heterocycles. The number of alkyl halides is 1. The minimum Gasteiger partial charge on any atom is -0.324 e. The fourth-order valence-corrected chi connectivity index (χ4v) is 3.31. The number of carbonyl (C=O) groups excluding carboxylic acids is 1. The van der Waals surface area contributed by atoms with Crippen molar-refractivity contribution in [3.8, 4) is 11.1 Å². The van der Waals surface area contributed by atoms with E-state index in [1.165, 1.54) is 0 Å². The summed E-state index contributed by atoms with van der Waals surface area (Å²) < 4.78 is 0.815. The topological polar surface area (TPSA) is 68.0 Å². The van der Waals surface area contributed by atoms with Gasteiger partial charge in [0.1, 0.15) is 6.04 Å². The van der Waals surface area contributed by atoms with Gasteiger partial charge >= 0.3 is 0 Å². The highest BCUT2D eigenvalue weighted by Crippen LogP contribution is 2.23. The van der Waals surface area contributed by atoms with Crippen LogP contribution >= 0.6 is 22.6 Å². The summed E-state index contributed by atoms with van der Waals surface area (Å²) in [5, 5.41) is 2.89. The van der Waals surface area contributed by atoms with E-state index in [-0.39, 0.29) is 5.91 Å². The largest absolute Gasteiger partial charge is 0.324 e. The number of carbonyl (C=O) groups is 1. The van der Waals surface area contributed by atoms with Crippen LogP contribution in [0.4, 0.5) is 5.69 Å². The van der Waals surface area contributed by atoms with Gasteiger partial charge in [0, 0.05) is 22.5 Å². The molecule has 0 unspecified atom stereocenters. The van der Waals surface area contributed by atoms with Crippen LogP contribution < -0.4 is 11.1 Å². The van der Waals surface area contributed by atoms with Gasteiger partial charge in [-0.25, -0.2) is 0 Å². The lowest BCUT2D eigenvalue weighted by atomic mass is 10.0. The summed E-state index contributed by atoms with van der Waals surface area (Å²) in [4.78, 5) is 16.5. The molecule has 126 valence electrons. The van der Waals surface area contributed by atoms with Gasteiger partial charge in [0.25, 0.3) is 0 Å². The number of amides is 1. The SMILES string of the molecule is N[C@H](C(=O)Nc1ccc(-c2ccncc2)cc1)c1ccccc1CI. The standard InChI is InChI=1S/C20H18IN3O/c21-13-16-3-1-2-4-18(16)19(22)20(25)24-17-7-5-14(6-8-17)15-9-11-23-12-10-15/h1-12,19H,13,22H2,(H,24,25)/t19-/m0/s1. The Bertz CT molecular complexity index is 850. The summed E-state index contributed by atoms with van der Waals surface area (Å²) in [7, 11) is 0. The van der Waals surface area contributed by atoms with Crippen LogP contribution in [0.2, 0.25) is 0 Å². The van der Waals surface area contributed by atoms with Crippen LogP contribution in [-0.4, -0.2) is 10.9 Å². The molecule has 0 radical (unpaired) electrons. The molecular weight excluding hydrogens is 425 g/mol. The summed E-state index contributed by atoms with van der Waals surface area (Å²) in [6.45, 7) is 0. The molecule has 0 bridgehead atoms. The van der Waals surface area contributed by atoms with Crippen molar-refractivity contribution in [2.24, 2.45) is 5.73 Å². The van der Waals surface area contributed by atoms with Gasteiger partial charge in [0.05, 0.1) is 0 Å². The number of nitrogens with zero attached hydrogens (tertiary/aromatic N) is 1. The number of rotatable bonds is 5. The highest BCUT2D eigenvalue weighted by molar-refractivity contribution is 14.1. The molecule has 1 atom stereocenters. The second-order valence-corrected chi connectivity index (χ2v) is 6.38. The van der Waals surface area contributed by atoms with Crippen LogP contribution in [0.5, 0.6) is 0 Å². The van der Waals surface area contributed by atoms with Crippen molar-refractivity contribution in [1.82, 2.24) is 4.98 Å². The van der Waals surface area contributed by atoms with E-state index in [0.29, 0.717) is 0 Å². The zero-order valence-electron chi connectivity index (χ0n) is 13.5. The third-order valence-corrected chi connectivity index (χ3v) is 4.80. The third-order valence-electron chi connectivity index (χ3n) is 3.98. The van der Waals surface area contributed by atoms with Crippen molar-refractivity contribution in [3.05, 3.63) is 84.2 Å². The number of nitrogens with two attached hydrogens (primary N) is 1. The summed E-state index contributed by atoms with van der Waals surface area (Å²) >= 11 is 2.28. The van der Waals surface area contributed by atoms with Crippen molar-refractivity contribution in [3.63, 3.8) is 0 Å². The minimum atomic E-state index is -0.689. The number of benzene rings is 2. The average molecular weight is 443 g/mol. The molecule has 0 saturated heterocycles. The van der Waals surface area contributed by atoms with Crippen LogP contribution in [0, 0.1) is 0 Å². The van der Waals surface area contributed by atoms with E-state index < -0.39 is 6.04 Å². The number of hydrogen-bond acceptors (Lipinski definition) is 3. The number of pyridine rings is 1. The van der Waals surface area contributed by atoms with Gasteiger partial charge in [-0.15, -0.1) is 0 Å². The van der Waals surface area contributed by atoms with Crippen LogP contribution in [-0.2, 0) is 9.22 Å². The molecule has 25 heavy (non-hydrogen) atoms. The Morgan fingerprint density at radius 1 is 1.00 bits per heavy atom. The number of hydrogen-bond donors (Lipinski definition) is 2. The lowest BCUT2D eigenvalue weighted by Gasteiger charge is -2.15. The lowest BCUT2D eigenvalue weighted by Crippen LogP contribution is -2.28. The fourth-order valence-electron chi connectivity index (χ4n) is 2.61. The number of nitrogens with one attached hydrogen (secondary N) is 1. The molecule has 4 nitrogen and oxygen atoms in total. The van der Waals surface area contributed by atoms with Gasteiger partial charge in [-0.3, -0.25) is 9.78 Å². The van der Waals surface area contributed by atoms with E-state index in [1.54, 1.807) is 12.4 Å². The van der Waals surface area contributed by atoms with E-state index in [0.717, 1.165) is 32.4 Å². The second kappa shape index (κ2) is 8.22. The van der Waals surface area contributed by atoms with Crippen LogP contribution in [0.3, 0.4) is 0 Å². The molecule has 5 heteroatoms. The van der Waals surface area contributed by atoms with E-state index in [2.05, 4.69) is 32.9 Å². The Morgan fingerprint density at radius 2 is 1.64 bits per heavy atom. The van der Waals surface area contributed by atoms with Gasteiger partial charge in [-0.2, -0.15) is 0 Å².